The molecule has 1 aliphatic heterocycles. The summed E-state index contributed by atoms with van der Waals surface area (Å²) >= 11 is 1.54. The predicted molar refractivity (Wildman–Crippen MR) is 81.2 cm³/mol. The van der Waals surface area contributed by atoms with E-state index >= 15 is 0 Å². The number of benzene rings is 1. The van der Waals surface area contributed by atoms with Gasteiger partial charge in [0, 0.05) is 17.8 Å². The minimum atomic E-state index is 0.232. The summed E-state index contributed by atoms with van der Waals surface area (Å²) in [6.45, 7) is 0.232. The maximum Gasteiger partial charge on any atom is 0.231 e. The van der Waals surface area contributed by atoms with Gasteiger partial charge in [0.25, 0.3) is 0 Å². The van der Waals surface area contributed by atoms with Gasteiger partial charge in [0.05, 0.1) is 16.9 Å². The van der Waals surface area contributed by atoms with Gasteiger partial charge >= 0.3 is 0 Å². The van der Waals surface area contributed by atoms with E-state index in [0.717, 1.165) is 33.6 Å². The van der Waals surface area contributed by atoms with Gasteiger partial charge in [-0.15, -0.1) is 11.3 Å². The van der Waals surface area contributed by atoms with E-state index in [1.807, 2.05) is 35.7 Å². The van der Waals surface area contributed by atoms with Crippen molar-refractivity contribution < 1.29 is 9.47 Å². The molecule has 0 saturated carbocycles. The monoisotopic (exact) mass is 297 g/mol. The van der Waals surface area contributed by atoms with Gasteiger partial charge in [-0.05, 0) is 24.3 Å². The molecule has 0 bridgehead atoms. The van der Waals surface area contributed by atoms with Crippen molar-refractivity contribution in [3.05, 3.63) is 48.1 Å². The van der Waals surface area contributed by atoms with E-state index in [1.54, 1.807) is 23.7 Å². The lowest BCUT2D eigenvalue weighted by molar-refractivity contribution is 0.174. The Morgan fingerprint density at radius 2 is 2.05 bits per heavy atom. The second kappa shape index (κ2) is 5.06. The van der Waals surface area contributed by atoms with Crippen molar-refractivity contribution in [3.8, 4) is 22.8 Å². The summed E-state index contributed by atoms with van der Waals surface area (Å²) in [5.41, 5.74) is 2.62. The molecule has 21 heavy (non-hydrogen) atoms. The van der Waals surface area contributed by atoms with Crippen LogP contribution in [-0.4, -0.2) is 16.8 Å². The summed E-state index contributed by atoms with van der Waals surface area (Å²) in [5, 5.41) is 6.06. The van der Waals surface area contributed by atoms with Gasteiger partial charge in [-0.25, -0.2) is 4.98 Å². The fourth-order valence-electron chi connectivity index (χ4n) is 2.24. The lowest BCUT2D eigenvalue weighted by Crippen LogP contribution is -1.96. The first-order valence-corrected chi connectivity index (χ1v) is 7.30. The first-order valence-electron chi connectivity index (χ1n) is 6.42. The molecule has 0 spiro atoms. The molecule has 0 amide bonds. The fraction of sp³-hybridized carbons (Fsp3) is 0.0667. The number of fused-ring (bicyclic) bond motifs is 1. The largest absolute Gasteiger partial charge is 0.454 e. The highest BCUT2D eigenvalue weighted by Gasteiger charge is 2.23. The maximum absolute atomic E-state index is 5.62. The number of rotatable bonds is 3. The van der Waals surface area contributed by atoms with Crippen molar-refractivity contribution in [2.45, 2.75) is 0 Å². The third-order valence-corrected chi connectivity index (χ3v) is 3.82. The number of aromatic nitrogens is 2. The molecule has 0 aliphatic carbocycles. The van der Waals surface area contributed by atoms with Crippen LogP contribution < -0.4 is 14.8 Å². The molecule has 5 nitrogen and oxygen atoms in total. The van der Waals surface area contributed by atoms with Crippen molar-refractivity contribution in [3.63, 3.8) is 0 Å². The van der Waals surface area contributed by atoms with E-state index in [0.29, 0.717) is 0 Å². The minimum absolute atomic E-state index is 0.232. The number of hydrogen-bond acceptors (Lipinski definition) is 6. The lowest BCUT2D eigenvalue weighted by Gasteiger charge is -2.12. The van der Waals surface area contributed by atoms with Crippen molar-refractivity contribution in [2.75, 3.05) is 12.1 Å². The molecule has 0 radical (unpaired) electrons. The predicted octanol–water partition coefficient (Wildman–Crippen LogP) is 3.68. The summed E-state index contributed by atoms with van der Waals surface area (Å²) in [7, 11) is 0. The zero-order chi connectivity index (χ0) is 14.1. The molecular weight excluding hydrogens is 286 g/mol. The fourth-order valence-corrected chi connectivity index (χ4v) is 2.78. The second-order valence-corrected chi connectivity index (χ2v) is 5.29. The number of nitrogens with zero attached hydrogens (tertiary/aromatic N) is 2. The number of anilines is 2. The quantitative estimate of drug-likeness (QED) is 0.799. The van der Waals surface area contributed by atoms with Crippen molar-refractivity contribution in [2.24, 2.45) is 0 Å². The Morgan fingerprint density at radius 3 is 2.86 bits per heavy atom. The highest BCUT2D eigenvalue weighted by molar-refractivity contribution is 7.13. The summed E-state index contributed by atoms with van der Waals surface area (Å²) in [4.78, 5) is 8.68. The SMILES string of the molecule is c1ccc(-c2c(Nc3nccs3)ccc3c2OCO3)nc1. The Balaban J connectivity index is 1.87. The van der Waals surface area contributed by atoms with Gasteiger partial charge in [0.15, 0.2) is 16.6 Å². The number of pyridine rings is 1. The molecule has 1 N–H and O–H groups in total. The third-order valence-electron chi connectivity index (χ3n) is 3.13. The van der Waals surface area contributed by atoms with Crippen LogP contribution in [-0.2, 0) is 0 Å². The van der Waals surface area contributed by atoms with E-state index < -0.39 is 0 Å². The van der Waals surface area contributed by atoms with E-state index in [4.69, 9.17) is 9.47 Å². The second-order valence-electron chi connectivity index (χ2n) is 4.40. The number of ether oxygens (including phenoxy) is 2. The van der Waals surface area contributed by atoms with Crippen LogP contribution in [0.3, 0.4) is 0 Å². The Kier molecular flexibility index (Phi) is 2.93. The van der Waals surface area contributed by atoms with Crippen molar-refractivity contribution >= 4 is 22.2 Å². The Hall–Kier alpha value is -2.60. The number of hydrogen-bond donors (Lipinski definition) is 1. The molecule has 3 heterocycles. The lowest BCUT2D eigenvalue weighted by atomic mass is 10.1. The molecule has 0 saturated heterocycles. The average molecular weight is 297 g/mol. The number of thiazole rings is 1. The molecule has 2 aromatic heterocycles. The molecule has 1 aromatic carbocycles. The van der Waals surface area contributed by atoms with Crippen LogP contribution in [0, 0.1) is 0 Å². The van der Waals surface area contributed by atoms with Crippen LogP contribution in [0.1, 0.15) is 0 Å². The van der Waals surface area contributed by atoms with Gasteiger partial charge in [-0.3, -0.25) is 4.98 Å². The maximum atomic E-state index is 5.62. The molecule has 104 valence electrons. The van der Waals surface area contributed by atoms with Crippen LogP contribution in [0.2, 0.25) is 0 Å². The number of nitrogens with one attached hydrogen (secondary N) is 1. The van der Waals surface area contributed by atoms with Crippen LogP contribution in [0.4, 0.5) is 10.8 Å². The molecular formula is C15H11N3O2S. The van der Waals surface area contributed by atoms with Gasteiger partial charge < -0.3 is 14.8 Å². The molecule has 1 aliphatic rings. The normalized spacial score (nSPS) is 12.4. The first-order chi connectivity index (χ1) is 10.4. The summed E-state index contributed by atoms with van der Waals surface area (Å²) in [6, 6.07) is 9.64. The molecule has 0 unspecified atom stereocenters. The molecule has 0 fully saturated rings. The Labute approximate surface area is 125 Å². The topological polar surface area (TPSA) is 56.3 Å². The molecule has 4 rings (SSSR count). The van der Waals surface area contributed by atoms with E-state index in [-0.39, 0.29) is 6.79 Å². The van der Waals surface area contributed by atoms with E-state index in [2.05, 4.69) is 15.3 Å². The van der Waals surface area contributed by atoms with E-state index in [1.165, 1.54) is 0 Å². The molecule has 0 atom stereocenters. The first kappa shape index (κ1) is 12.2. The summed E-state index contributed by atoms with van der Waals surface area (Å²) in [5.74, 6) is 1.45. The van der Waals surface area contributed by atoms with Gasteiger partial charge in [-0.1, -0.05) is 6.07 Å². The zero-order valence-electron chi connectivity index (χ0n) is 10.9. The standard InChI is InChI=1S/C15H11N3O2S/c1-2-6-16-10(3-1)13-11(18-15-17-7-8-21-15)4-5-12-14(13)20-9-19-12/h1-8H,9H2,(H,17,18). The van der Waals surface area contributed by atoms with Crippen molar-refractivity contribution in [1.29, 1.82) is 0 Å². The Bertz CT molecular complexity index is 760. The van der Waals surface area contributed by atoms with Gasteiger partial charge in [0.2, 0.25) is 6.79 Å². The summed E-state index contributed by atoms with van der Waals surface area (Å²) < 4.78 is 11.1. The van der Waals surface area contributed by atoms with Crippen LogP contribution in [0.15, 0.2) is 48.1 Å². The highest BCUT2D eigenvalue weighted by Crippen LogP contribution is 2.45. The molecule has 3 aromatic rings. The zero-order valence-corrected chi connectivity index (χ0v) is 11.8. The van der Waals surface area contributed by atoms with Crippen LogP contribution in [0.25, 0.3) is 11.3 Å². The van der Waals surface area contributed by atoms with Crippen LogP contribution >= 0.6 is 11.3 Å². The highest BCUT2D eigenvalue weighted by atomic mass is 32.1. The smallest absolute Gasteiger partial charge is 0.231 e. The third kappa shape index (κ3) is 2.19. The minimum Gasteiger partial charge on any atom is -0.454 e. The van der Waals surface area contributed by atoms with Crippen molar-refractivity contribution in [1.82, 2.24) is 9.97 Å². The van der Waals surface area contributed by atoms with E-state index in [9.17, 15) is 0 Å². The molecule has 6 heteroatoms. The average Bonchev–Trinajstić information content (AvgIpc) is 3.19. The Morgan fingerprint density at radius 1 is 1.05 bits per heavy atom. The van der Waals surface area contributed by atoms with Gasteiger partial charge in [0.1, 0.15) is 0 Å². The summed E-state index contributed by atoms with van der Waals surface area (Å²) in [6.07, 6.45) is 3.53. The van der Waals surface area contributed by atoms with Gasteiger partial charge in [-0.2, -0.15) is 0 Å². The van der Waals surface area contributed by atoms with Crippen LogP contribution in [0.5, 0.6) is 11.5 Å².